The average Bonchev–Trinajstić information content (AvgIpc) is 2.60. The van der Waals surface area contributed by atoms with Gasteiger partial charge in [-0.05, 0) is 66.8 Å². The smallest absolute Gasteiger partial charge is 0.251 e. The van der Waals surface area contributed by atoms with Gasteiger partial charge in [0, 0.05) is 11.3 Å². The lowest BCUT2D eigenvalue weighted by Gasteiger charge is -2.26. The van der Waals surface area contributed by atoms with Gasteiger partial charge in [-0.3, -0.25) is 9.59 Å². The maximum atomic E-state index is 12.6. The summed E-state index contributed by atoms with van der Waals surface area (Å²) in [5.41, 5.74) is 14.0. The second-order valence-corrected chi connectivity index (χ2v) is 8.62. The van der Waals surface area contributed by atoms with Crippen LogP contribution in [0.4, 0.5) is 5.69 Å². The number of carbonyl (C=O) groups excluding carboxylic acids is 2. The number of hydrogen-bond acceptors (Lipinski definition) is 5. The first kappa shape index (κ1) is 21.7. The number of fused-ring (bicyclic) bond motifs is 1. The minimum Gasteiger partial charge on any atom is -0.399 e. The van der Waals surface area contributed by atoms with Gasteiger partial charge in [-0.1, -0.05) is 6.07 Å². The highest BCUT2D eigenvalue weighted by Crippen LogP contribution is 2.31. The Morgan fingerprint density at radius 2 is 1.79 bits per heavy atom. The van der Waals surface area contributed by atoms with Crippen molar-refractivity contribution in [1.29, 1.82) is 0 Å². The number of nitrogens with two attached hydrogens (primary N) is 2. The minimum atomic E-state index is -3.79. The van der Waals surface area contributed by atoms with Crippen LogP contribution in [0.15, 0.2) is 47.4 Å². The summed E-state index contributed by atoms with van der Waals surface area (Å²) in [7, 11) is -3.79. The van der Waals surface area contributed by atoms with Crippen molar-refractivity contribution in [2.24, 2.45) is 5.73 Å². The van der Waals surface area contributed by atoms with Gasteiger partial charge in [0.1, 0.15) is 5.75 Å². The summed E-state index contributed by atoms with van der Waals surface area (Å²) in [6.45, 7) is 0. The van der Waals surface area contributed by atoms with Gasteiger partial charge in [0.25, 0.3) is 5.91 Å². The lowest BCUT2D eigenvalue weighted by atomic mass is 9.87. The Labute approximate surface area is 169 Å². The van der Waals surface area contributed by atoms with E-state index in [-0.39, 0.29) is 29.3 Å². The molecule has 0 fully saturated rings. The molecule has 2 aromatic rings. The molecule has 1 aliphatic carbocycles. The second kappa shape index (κ2) is 8.62. The van der Waals surface area contributed by atoms with Crippen molar-refractivity contribution >= 4 is 39.7 Å². The monoisotopic (exact) mass is 423 g/mol. The van der Waals surface area contributed by atoms with Crippen LogP contribution in [0.1, 0.15) is 40.4 Å². The van der Waals surface area contributed by atoms with Crippen LogP contribution in [0.2, 0.25) is 0 Å². The van der Waals surface area contributed by atoms with Gasteiger partial charge in [0.2, 0.25) is 5.91 Å². The van der Waals surface area contributed by atoms with Crippen LogP contribution >= 0.6 is 12.4 Å². The molecule has 0 spiro atoms. The average molecular weight is 424 g/mol. The fourth-order valence-electron chi connectivity index (χ4n) is 3.31. The lowest BCUT2D eigenvalue weighted by molar-refractivity contribution is -0.115. The van der Waals surface area contributed by atoms with Gasteiger partial charge in [-0.25, -0.2) is 8.42 Å². The minimum absolute atomic E-state index is 0. The molecule has 3 rings (SSSR count). The normalized spacial score (nSPS) is 15.8. The van der Waals surface area contributed by atoms with Crippen LogP contribution in [0.3, 0.4) is 0 Å². The zero-order valence-electron chi connectivity index (χ0n) is 15.1. The van der Waals surface area contributed by atoms with Gasteiger partial charge in [-0.15, -0.1) is 12.4 Å². The van der Waals surface area contributed by atoms with Crippen LogP contribution in [0, 0.1) is 0 Å². The first-order chi connectivity index (χ1) is 12.8. The van der Waals surface area contributed by atoms with Crippen molar-refractivity contribution in [2.75, 3.05) is 11.5 Å². The highest BCUT2D eigenvalue weighted by molar-refractivity contribution is 7.92. The molecule has 2 aromatic carbocycles. The Balaban J connectivity index is 0.00000280. The Hall–Kier alpha value is -2.58. The summed E-state index contributed by atoms with van der Waals surface area (Å²) in [6, 6.07) is 11.1. The third kappa shape index (κ3) is 4.82. The molecular weight excluding hydrogens is 402 g/mol. The molecule has 0 aromatic heterocycles. The van der Waals surface area contributed by atoms with E-state index in [1.807, 2.05) is 18.2 Å². The SMILES string of the molecule is Cl.NC(=O)CS(=O)(=O)c1ccc(C(=O)NC2CCCc3cc(N)ccc32)cc1. The van der Waals surface area contributed by atoms with E-state index in [9.17, 15) is 18.0 Å². The number of nitrogens with one attached hydrogen (secondary N) is 1. The molecule has 0 heterocycles. The summed E-state index contributed by atoms with van der Waals surface area (Å²) in [5, 5.41) is 3.00. The molecule has 1 aliphatic rings. The summed E-state index contributed by atoms with van der Waals surface area (Å²) in [5.74, 6) is -1.97. The Morgan fingerprint density at radius 1 is 1.11 bits per heavy atom. The summed E-state index contributed by atoms with van der Waals surface area (Å²) in [6.07, 6.45) is 2.71. The number of halogens is 1. The number of rotatable bonds is 5. The highest BCUT2D eigenvalue weighted by Gasteiger charge is 2.23. The second-order valence-electron chi connectivity index (χ2n) is 6.63. The van der Waals surface area contributed by atoms with E-state index in [1.54, 1.807) is 0 Å². The molecule has 7 nitrogen and oxygen atoms in total. The van der Waals surface area contributed by atoms with E-state index >= 15 is 0 Å². The molecule has 28 heavy (non-hydrogen) atoms. The Bertz CT molecular complexity index is 991. The molecule has 1 unspecified atom stereocenters. The largest absolute Gasteiger partial charge is 0.399 e. The Morgan fingerprint density at radius 3 is 2.43 bits per heavy atom. The van der Waals surface area contributed by atoms with Crippen molar-refractivity contribution in [3.63, 3.8) is 0 Å². The quantitative estimate of drug-likeness (QED) is 0.630. The molecule has 0 saturated carbocycles. The van der Waals surface area contributed by atoms with Gasteiger partial charge >= 0.3 is 0 Å². The van der Waals surface area contributed by atoms with Gasteiger partial charge in [0.15, 0.2) is 9.84 Å². The van der Waals surface area contributed by atoms with Crippen molar-refractivity contribution in [3.8, 4) is 0 Å². The Kier molecular flexibility index (Phi) is 6.69. The lowest BCUT2D eigenvalue weighted by Crippen LogP contribution is -2.31. The number of benzene rings is 2. The van der Waals surface area contributed by atoms with Crippen molar-refractivity contribution in [2.45, 2.75) is 30.2 Å². The number of sulfone groups is 1. The summed E-state index contributed by atoms with van der Waals surface area (Å²) >= 11 is 0. The molecule has 2 amide bonds. The van der Waals surface area contributed by atoms with E-state index in [4.69, 9.17) is 11.5 Å². The standard InChI is InChI=1S/C19H21N3O4S.ClH/c20-14-6-9-16-13(10-14)2-1-3-17(16)22-19(24)12-4-7-15(8-5-12)27(25,26)11-18(21)23;/h4-10,17H,1-3,11,20H2,(H2,21,23)(H,22,24);1H. The molecule has 150 valence electrons. The number of primary amides is 1. The third-order valence-electron chi connectivity index (χ3n) is 4.59. The van der Waals surface area contributed by atoms with E-state index in [0.717, 1.165) is 30.4 Å². The van der Waals surface area contributed by atoms with Crippen LogP contribution in [0.25, 0.3) is 0 Å². The number of hydrogen-bond donors (Lipinski definition) is 3. The number of nitrogen functional groups attached to an aromatic ring is 1. The predicted molar refractivity (Wildman–Crippen MR) is 109 cm³/mol. The summed E-state index contributed by atoms with van der Waals surface area (Å²) in [4.78, 5) is 23.4. The van der Waals surface area contributed by atoms with Crippen LogP contribution in [0.5, 0.6) is 0 Å². The number of carbonyl (C=O) groups is 2. The summed E-state index contributed by atoms with van der Waals surface area (Å²) < 4.78 is 24.0. The third-order valence-corrected chi connectivity index (χ3v) is 6.25. The molecule has 0 aliphatic heterocycles. The topological polar surface area (TPSA) is 132 Å². The molecule has 9 heteroatoms. The van der Waals surface area contributed by atoms with E-state index in [1.165, 1.54) is 24.3 Å². The maximum Gasteiger partial charge on any atom is 0.251 e. The number of anilines is 1. The maximum absolute atomic E-state index is 12.6. The van der Waals surface area contributed by atoms with Crippen LogP contribution in [-0.2, 0) is 21.1 Å². The molecule has 0 radical (unpaired) electrons. The van der Waals surface area contributed by atoms with E-state index < -0.39 is 21.5 Å². The molecule has 0 saturated heterocycles. The van der Waals surface area contributed by atoms with Crippen molar-refractivity contribution in [3.05, 3.63) is 59.2 Å². The zero-order valence-corrected chi connectivity index (χ0v) is 16.7. The number of amides is 2. The van der Waals surface area contributed by atoms with Crippen molar-refractivity contribution in [1.82, 2.24) is 5.32 Å². The first-order valence-corrected chi connectivity index (χ1v) is 10.2. The highest BCUT2D eigenvalue weighted by atomic mass is 35.5. The van der Waals surface area contributed by atoms with E-state index in [0.29, 0.717) is 11.3 Å². The number of aryl methyl sites for hydroxylation is 1. The van der Waals surface area contributed by atoms with Crippen LogP contribution in [-0.4, -0.2) is 26.0 Å². The fourth-order valence-corrected chi connectivity index (χ4v) is 4.40. The first-order valence-electron chi connectivity index (χ1n) is 8.56. The predicted octanol–water partition coefficient (Wildman–Crippen LogP) is 1.76. The van der Waals surface area contributed by atoms with E-state index in [2.05, 4.69) is 5.32 Å². The van der Waals surface area contributed by atoms with Crippen molar-refractivity contribution < 1.29 is 18.0 Å². The van der Waals surface area contributed by atoms with Crippen LogP contribution < -0.4 is 16.8 Å². The zero-order chi connectivity index (χ0) is 19.6. The molecular formula is C19H22ClN3O4S. The molecule has 1 atom stereocenters. The van der Waals surface area contributed by atoms with Gasteiger partial charge in [0.05, 0.1) is 10.9 Å². The fraction of sp³-hybridized carbons (Fsp3) is 0.263. The molecule has 5 N–H and O–H groups in total. The van der Waals surface area contributed by atoms with Gasteiger partial charge < -0.3 is 16.8 Å². The molecule has 0 bridgehead atoms. The van der Waals surface area contributed by atoms with Gasteiger partial charge in [-0.2, -0.15) is 0 Å².